The third-order valence-corrected chi connectivity index (χ3v) is 8.62. The zero-order valence-electron chi connectivity index (χ0n) is 16.8. The molecule has 3 heterocycles. The first-order valence-corrected chi connectivity index (χ1v) is 12.1. The van der Waals surface area contributed by atoms with Crippen molar-refractivity contribution in [3.63, 3.8) is 0 Å². The van der Waals surface area contributed by atoms with E-state index in [9.17, 15) is 17.6 Å². The van der Waals surface area contributed by atoms with Crippen LogP contribution < -0.4 is 10.0 Å². The van der Waals surface area contributed by atoms with E-state index >= 15 is 0 Å². The van der Waals surface area contributed by atoms with Gasteiger partial charge in [-0.2, -0.15) is 4.72 Å². The number of ether oxygens (including phenoxy) is 1. The summed E-state index contributed by atoms with van der Waals surface area (Å²) in [6.45, 7) is 5.25. The van der Waals surface area contributed by atoms with Crippen molar-refractivity contribution in [1.82, 2.24) is 9.29 Å². The lowest BCUT2D eigenvalue weighted by molar-refractivity contribution is 0.101. The molecule has 2 N–H and O–H groups in total. The van der Waals surface area contributed by atoms with Gasteiger partial charge in [0.25, 0.3) is 5.91 Å². The topological polar surface area (TPSA) is 89.4 Å². The van der Waals surface area contributed by atoms with Gasteiger partial charge >= 0.3 is 0 Å². The van der Waals surface area contributed by atoms with Gasteiger partial charge in [0.1, 0.15) is 16.4 Å². The van der Waals surface area contributed by atoms with Crippen LogP contribution in [0.2, 0.25) is 0 Å². The lowest BCUT2D eigenvalue weighted by Crippen LogP contribution is -2.50. The van der Waals surface area contributed by atoms with Gasteiger partial charge in [-0.15, -0.1) is 11.8 Å². The van der Waals surface area contributed by atoms with Crippen molar-refractivity contribution < 1.29 is 22.3 Å². The molecule has 2 saturated heterocycles. The highest BCUT2D eigenvalue weighted by Crippen LogP contribution is 2.51. The highest BCUT2D eigenvalue weighted by atomic mass is 32.2. The molecule has 4 rings (SSSR count). The fourth-order valence-corrected chi connectivity index (χ4v) is 6.77. The highest BCUT2D eigenvalue weighted by Gasteiger charge is 2.49. The Morgan fingerprint density at radius 1 is 1.40 bits per heavy atom. The second-order valence-electron chi connectivity index (χ2n) is 7.68. The summed E-state index contributed by atoms with van der Waals surface area (Å²) in [6.07, 6.45) is 3.14. The number of amides is 1. The maximum atomic E-state index is 13.4. The second kappa shape index (κ2) is 7.99. The number of sulfonamides is 1. The Labute approximate surface area is 179 Å². The number of thioether (sulfide) groups is 1. The number of hydrogen-bond donors (Lipinski definition) is 2. The summed E-state index contributed by atoms with van der Waals surface area (Å²) in [4.78, 5) is 12.8. The van der Waals surface area contributed by atoms with Crippen molar-refractivity contribution >= 4 is 33.4 Å². The summed E-state index contributed by atoms with van der Waals surface area (Å²) in [7, 11) is -3.76. The SMILES string of the molecule is CCn1cc(S(=O)(=O)NC2C[C@]3(CCOC3)S2)cc1C(=O)Nc1ccc(F)c(C)c1. The summed E-state index contributed by atoms with van der Waals surface area (Å²) >= 11 is 1.60. The monoisotopic (exact) mass is 453 g/mol. The lowest BCUT2D eigenvalue weighted by atomic mass is 10.0. The van der Waals surface area contributed by atoms with E-state index in [-0.39, 0.29) is 26.5 Å². The Kier molecular flexibility index (Phi) is 5.69. The molecule has 0 radical (unpaired) electrons. The minimum absolute atomic E-state index is 0.0425. The molecule has 2 aliphatic rings. The quantitative estimate of drug-likeness (QED) is 0.702. The average molecular weight is 454 g/mol. The van der Waals surface area contributed by atoms with E-state index in [0.717, 1.165) is 19.4 Å². The van der Waals surface area contributed by atoms with Crippen LogP contribution >= 0.6 is 11.8 Å². The van der Waals surface area contributed by atoms with E-state index in [0.29, 0.717) is 24.4 Å². The van der Waals surface area contributed by atoms with Crippen LogP contribution in [-0.4, -0.2) is 42.2 Å². The number of nitrogens with one attached hydrogen (secondary N) is 2. The van der Waals surface area contributed by atoms with Gasteiger partial charge in [0.2, 0.25) is 10.0 Å². The highest BCUT2D eigenvalue weighted by molar-refractivity contribution is 8.03. The Morgan fingerprint density at radius 3 is 2.80 bits per heavy atom. The predicted octanol–water partition coefficient (Wildman–Crippen LogP) is 3.11. The van der Waals surface area contributed by atoms with Gasteiger partial charge in [0, 0.05) is 29.8 Å². The fourth-order valence-electron chi connectivity index (χ4n) is 3.78. The van der Waals surface area contributed by atoms with Gasteiger partial charge in [-0.05, 0) is 56.5 Å². The van der Waals surface area contributed by atoms with Crippen LogP contribution in [0.3, 0.4) is 0 Å². The molecule has 2 fully saturated rings. The summed E-state index contributed by atoms with van der Waals surface area (Å²) in [5.41, 5.74) is 1.08. The Bertz CT molecular complexity index is 1070. The number of halogens is 1. The molecule has 1 amide bonds. The molecule has 10 heteroatoms. The third kappa shape index (κ3) is 4.14. The Balaban J connectivity index is 1.48. The van der Waals surface area contributed by atoms with E-state index in [4.69, 9.17) is 4.74 Å². The van der Waals surface area contributed by atoms with Crippen molar-refractivity contribution in [2.75, 3.05) is 18.5 Å². The van der Waals surface area contributed by atoms with Crippen LogP contribution in [0.15, 0.2) is 35.4 Å². The van der Waals surface area contributed by atoms with Crippen molar-refractivity contribution in [2.24, 2.45) is 0 Å². The third-order valence-electron chi connectivity index (χ3n) is 5.47. The average Bonchev–Trinajstić information content (AvgIpc) is 3.31. The molecule has 1 spiro atoms. The molecule has 0 aliphatic carbocycles. The standard InChI is InChI=1S/C20H24FN3O4S2/c1-3-24-11-15(30(26,27)23-18-10-20(29-18)6-7-28-12-20)9-17(24)19(25)22-14-4-5-16(21)13(2)8-14/h4-5,8-9,11,18,23H,3,6-7,10,12H2,1-2H3,(H,22,25)/t18?,20-/m0/s1. The molecule has 2 atom stereocenters. The van der Waals surface area contributed by atoms with E-state index < -0.39 is 15.9 Å². The fraction of sp³-hybridized carbons (Fsp3) is 0.450. The largest absolute Gasteiger partial charge is 0.380 e. The molecular formula is C20H24FN3O4S2. The maximum absolute atomic E-state index is 13.4. The van der Waals surface area contributed by atoms with Gasteiger partial charge in [-0.3, -0.25) is 4.79 Å². The zero-order chi connectivity index (χ0) is 21.5. The molecule has 30 heavy (non-hydrogen) atoms. The van der Waals surface area contributed by atoms with Crippen LogP contribution in [0.4, 0.5) is 10.1 Å². The molecule has 1 aromatic heterocycles. The number of anilines is 1. The first kappa shape index (κ1) is 21.4. The Hall–Kier alpha value is -1.88. The summed E-state index contributed by atoms with van der Waals surface area (Å²) in [5, 5.41) is 2.51. The van der Waals surface area contributed by atoms with Crippen molar-refractivity contribution in [3.05, 3.63) is 47.5 Å². The van der Waals surface area contributed by atoms with Gasteiger partial charge in [0.15, 0.2) is 0 Å². The van der Waals surface area contributed by atoms with Crippen LogP contribution in [0.1, 0.15) is 35.8 Å². The van der Waals surface area contributed by atoms with E-state index in [2.05, 4.69) is 10.0 Å². The van der Waals surface area contributed by atoms with Crippen LogP contribution in [0.25, 0.3) is 0 Å². The minimum Gasteiger partial charge on any atom is -0.380 e. The maximum Gasteiger partial charge on any atom is 0.272 e. The first-order chi connectivity index (χ1) is 14.2. The summed E-state index contributed by atoms with van der Waals surface area (Å²) in [6, 6.07) is 5.65. The molecular weight excluding hydrogens is 429 g/mol. The molecule has 2 aliphatic heterocycles. The smallest absolute Gasteiger partial charge is 0.272 e. The van der Waals surface area contributed by atoms with E-state index in [1.807, 2.05) is 6.92 Å². The molecule has 2 aromatic rings. The van der Waals surface area contributed by atoms with Crippen LogP contribution in [-0.2, 0) is 21.3 Å². The first-order valence-electron chi connectivity index (χ1n) is 9.77. The normalized spacial score (nSPS) is 23.5. The van der Waals surface area contributed by atoms with Gasteiger partial charge < -0.3 is 14.6 Å². The molecule has 1 aromatic carbocycles. The number of benzene rings is 1. The van der Waals surface area contributed by atoms with Gasteiger partial charge in [-0.1, -0.05) is 0 Å². The Morgan fingerprint density at radius 2 is 2.17 bits per heavy atom. The number of carbonyl (C=O) groups is 1. The number of aryl methyl sites for hydroxylation is 2. The molecule has 162 valence electrons. The minimum atomic E-state index is -3.76. The van der Waals surface area contributed by atoms with Gasteiger partial charge in [-0.25, -0.2) is 12.8 Å². The molecule has 0 bridgehead atoms. The molecule has 1 unspecified atom stereocenters. The van der Waals surface area contributed by atoms with Crippen molar-refractivity contribution in [2.45, 2.75) is 48.3 Å². The van der Waals surface area contributed by atoms with Crippen LogP contribution in [0, 0.1) is 12.7 Å². The van der Waals surface area contributed by atoms with Crippen LogP contribution in [0.5, 0.6) is 0 Å². The van der Waals surface area contributed by atoms with E-state index in [1.165, 1.54) is 30.5 Å². The van der Waals surface area contributed by atoms with Gasteiger partial charge in [0.05, 0.1) is 12.0 Å². The number of carbonyl (C=O) groups excluding carboxylic acids is 1. The number of nitrogens with zero attached hydrogens (tertiary/aromatic N) is 1. The van der Waals surface area contributed by atoms with Crippen molar-refractivity contribution in [3.8, 4) is 0 Å². The summed E-state index contributed by atoms with van der Waals surface area (Å²) in [5.74, 6) is -0.811. The zero-order valence-corrected chi connectivity index (χ0v) is 18.4. The molecule has 7 nitrogen and oxygen atoms in total. The van der Waals surface area contributed by atoms with Crippen molar-refractivity contribution in [1.29, 1.82) is 0 Å². The number of aromatic nitrogens is 1. The number of rotatable bonds is 6. The molecule has 0 saturated carbocycles. The van der Waals surface area contributed by atoms with E-state index in [1.54, 1.807) is 23.3 Å². The number of hydrogen-bond acceptors (Lipinski definition) is 5. The summed E-state index contributed by atoms with van der Waals surface area (Å²) < 4.78 is 48.9. The second-order valence-corrected chi connectivity index (χ2v) is 11.1. The predicted molar refractivity (Wildman–Crippen MR) is 114 cm³/mol. The lowest BCUT2D eigenvalue weighted by Gasteiger charge is -2.43.